The van der Waals surface area contributed by atoms with Gasteiger partial charge in [-0.2, -0.15) is 0 Å². The highest BCUT2D eigenvalue weighted by Gasteiger charge is 2.24. The van der Waals surface area contributed by atoms with Crippen molar-refractivity contribution in [2.75, 3.05) is 18.4 Å². The standard InChI is InChI=1S/C19H20FN5O2S/c1-10(2)27-15-6-12(20)3-4-13(15)24-17-16-19(23-9-22-17)28-18(25-16)14(26)5-11-7-21-8-11/h3-4,6,9-11,21H,5,7-8H2,1-2H3,(H,22,23,24). The third kappa shape index (κ3) is 3.95. The fraction of sp³-hybridized carbons (Fsp3) is 0.368. The molecule has 0 radical (unpaired) electrons. The molecule has 4 rings (SSSR count). The Kier molecular flexibility index (Phi) is 5.19. The number of Topliss-reactive ketones (excluding diaryl/α,β-unsaturated/α-hetero) is 1. The van der Waals surface area contributed by atoms with Crippen LogP contribution in [0.15, 0.2) is 24.5 Å². The van der Waals surface area contributed by atoms with Crippen LogP contribution in [0.2, 0.25) is 0 Å². The number of nitrogens with zero attached hydrogens (tertiary/aromatic N) is 3. The lowest BCUT2D eigenvalue weighted by atomic mass is 9.97. The summed E-state index contributed by atoms with van der Waals surface area (Å²) in [5.74, 6) is 0.835. The quantitative estimate of drug-likeness (QED) is 0.585. The molecule has 0 unspecified atom stereocenters. The third-order valence-electron chi connectivity index (χ3n) is 4.33. The van der Waals surface area contributed by atoms with Crippen molar-refractivity contribution in [3.8, 4) is 5.75 Å². The number of halogens is 1. The molecule has 0 aliphatic carbocycles. The van der Waals surface area contributed by atoms with Crippen LogP contribution >= 0.6 is 11.3 Å². The molecule has 0 atom stereocenters. The Bertz CT molecular complexity index is 1020. The fourth-order valence-corrected chi connectivity index (χ4v) is 3.74. The van der Waals surface area contributed by atoms with Gasteiger partial charge in [0.1, 0.15) is 28.2 Å². The van der Waals surface area contributed by atoms with Crippen molar-refractivity contribution in [2.45, 2.75) is 26.4 Å². The molecule has 3 aromatic rings. The average molecular weight is 401 g/mol. The molecular weight excluding hydrogens is 381 g/mol. The van der Waals surface area contributed by atoms with Crippen LogP contribution in [0.25, 0.3) is 10.3 Å². The Labute approximate surface area is 165 Å². The van der Waals surface area contributed by atoms with E-state index >= 15 is 0 Å². The summed E-state index contributed by atoms with van der Waals surface area (Å²) < 4.78 is 19.3. The molecule has 146 valence electrons. The summed E-state index contributed by atoms with van der Waals surface area (Å²) in [6.07, 6.45) is 1.78. The minimum Gasteiger partial charge on any atom is -0.489 e. The second-order valence-corrected chi connectivity index (χ2v) is 7.96. The van der Waals surface area contributed by atoms with Crippen molar-refractivity contribution < 1.29 is 13.9 Å². The molecule has 1 aliphatic rings. The van der Waals surface area contributed by atoms with Crippen molar-refractivity contribution in [1.82, 2.24) is 20.3 Å². The van der Waals surface area contributed by atoms with Gasteiger partial charge >= 0.3 is 0 Å². The van der Waals surface area contributed by atoms with Gasteiger partial charge in [0.15, 0.2) is 16.6 Å². The molecule has 0 spiro atoms. The predicted octanol–water partition coefficient (Wildman–Crippen LogP) is 3.55. The minimum absolute atomic E-state index is 0.0195. The van der Waals surface area contributed by atoms with Crippen LogP contribution in [0.1, 0.15) is 30.1 Å². The first kappa shape index (κ1) is 18.7. The Morgan fingerprint density at radius 2 is 2.21 bits per heavy atom. The number of anilines is 2. The lowest BCUT2D eigenvalue weighted by molar-refractivity contribution is 0.0945. The average Bonchev–Trinajstić information content (AvgIpc) is 3.05. The minimum atomic E-state index is -0.388. The van der Waals surface area contributed by atoms with Gasteiger partial charge in [0.05, 0.1) is 11.8 Å². The van der Waals surface area contributed by atoms with E-state index in [0.29, 0.717) is 44.9 Å². The number of nitrogens with one attached hydrogen (secondary N) is 2. The first-order valence-corrected chi connectivity index (χ1v) is 9.90. The second kappa shape index (κ2) is 7.76. The van der Waals surface area contributed by atoms with E-state index in [4.69, 9.17) is 4.74 Å². The monoisotopic (exact) mass is 401 g/mol. The van der Waals surface area contributed by atoms with Crippen LogP contribution in [0.4, 0.5) is 15.9 Å². The maximum Gasteiger partial charge on any atom is 0.191 e. The van der Waals surface area contributed by atoms with Crippen LogP contribution in [-0.2, 0) is 0 Å². The molecular formula is C19H20FN5O2S. The number of hydrogen-bond acceptors (Lipinski definition) is 8. The molecule has 0 saturated carbocycles. The number of rotatable bonds is 7. The van der Waals surface area contributed by atoms with Crippen LogP contribution in [-0.4, -0.2) is 39.9 Å². The molecule has 0 amide bonds. The molecule has 3 heterocycles. The highest BCUT2D eigenvalue weighted by molar-refractivity contribution is 7.20. The molecule has 2 aromatic heterocycles. The summed E-state index contributed by atoms with van der Waals surface area (Å²) in [5, 5.41) is 6.74. The predicted molar refractivity (Wildman–Crippen MR) is 106 cm³/mol. The Hall–Kier alpha value is -2.65. The van der Waals surface area contributed by atoms with E-state index < -0.39 is 0 Å². The van der Waals surface area contributed by atoms with Gasteiger partial charge in [-0.1, -0.05) is 11.3 Å². The van der Waals surface area contributed by atoms with Gasteiger partial charge in [-0.25, -0.2) is 19.3 Å². The van der Waals surface area contributed by atoms with Crippen molar-refractivity contribution >= 4 is 39.0 Å². The molecule has 0 bridgehead atoms. The van der Waals surface area contributed by atoms with Crippen LogP contribution < -0.4 is 15.4 Å². The Morgan fingerprint density at radius 1 is 1.39 bits per heavy atom. The first-order chi connectivity index (χ1) is 13.5. The molecule has 1 aliphatic heterocycles. The molecule has 1 saturated heterocycles. The largest absolute Gasteiger partial charge is 0.489 e. The number of benzene rings is 1. The van der Waals surface area contributed by atoms with E-state index in [0.717, 1.165) is 13.1 Å². The summed E-state index contributed by atoms with van der Waals surface area (Å²) >= 11 is 1.26. The van der Waals surface area contributed by atoms with Crippen molar-refractivity contribution in [3.63, 3.8) is 0 Å². The molecule has 9 heteroatoms. The highest BCUT2D eigenvalue weighted by Crippen LogP contribution is 2.32. The molecule has 28 heavy (non-hydrogen) atoms. The third-order valence-corrected chi connectivity index (χ3v) is 5.34. The molecule has 1 aromatic carbocycles. The van der Waals surface area contributed by atoms with E-state index in [-0.39, 0.29) is 17.7 Å². The van der Waals surface area contributed by atoms with Gasteiger partial charge < -0.3 is 15.4 Å². The maximum absolute atomic E-state index is 13.6. The number of fused-ring (bicyclic) bond motifs is 1. The van der Waals surface area contributed by atoms with Gasteiger partial charge in [0.2, 0.25) is 0 Å². The van der Waals surface area contributed by atoms with Crippen LogP contribution in [0.5, 0.6) is 5.75 Å². The van der Waals surface area contributed by atoms with Gasteiger partial charge in [0, 0.05) is 12.5 Å². The summed E-state index contributed by atoms with van der Waals surface area (Å²) in [6, 6.07) is 4.25. The smallest absolute Gasteiger partial charge is 0.191 e. The second-order valence-electron chi connectivity index (χ2n) is 6.98. The number of carbonyl (C=O) groups is 1. The topological polar surface area (TPSA) is 89.0 Å². The van der Waals surface area contributed by atoms with E-state index in [9.17, 15) is 9.18 Å². The lowest BCUT2D eigenvalue weighted by Gasteiger charge is -2.25. The number of ether oxygens (including phenoxy) is 1. The summed E-state index contributed by atoms with van der Waals surface area (Å²) in [4.78, 5) is 26.1. The first-order valence-electron chi connectivity index (χ1n) is 9.08. The van der Waals surface area contributed by atoms with Crippen molar-refractivity contribution in [3.05, 3.63) is 35.4 Å². The molecule has 2 N–H and O–H groups in total. The zero-order valence-corrected chi connectivity index (χ0v) is 16.3. The maximum atomic E-state index is 13.6. The van der Waals surface area contributed by atoms with Gasteiger partial charge in [-0.3, -0.25) is 4.79 Å². The van der Waals surface area contributed by atoms with Crippen LogP contribution in [0.3, 0.4) is 0 Å². The van der Waals surface area contributed by atoms with Crippen molar-refractivity contribution in [2.24, 2.45) is 5.92 Å². The Balaban J connectivity index is 1.63. The zero-order chi connectivity index (χ0) is 19.7. The van der Waals surface area contributed by atoms with Crippen molar-refractivity contribution in [1.29, 1.82) is 0 Å². The van der Waals surface area contributed by atoms with E-state index in [1.165, 1.54) is 29.8 Å². The van der Waals surface area contributed by atoms with Gasteiger partial charge in [0.25, 0.3) is 0 Å². The van der Waals surface area contributed by atoms with Gasteiger partial charge in [-0.15, -0.1) is 0 Å². The number of thiazole rings is 1. The summed E-state index contributed by atoms with van der Waals surface area (Å²) in [6.45, 7) is 5.47. The normalized spacial score (nSPS) is 14.3. The number of ketones is 1. The zero-order valence-electron chi connectivity index (χ0n) is 15.5. The SMILES string of the molecule is CC(C)Oc1cc(F)ccc1Nc1ncnc2sc(C(=O)CC3CNC3)nc12. The number of hydrogen-bond donors (Lipinski definition) is 2. The number of aromatic nitrogens is 3. The summed E-state index contributed by atoms with van der Waals surface area (Å²) in [5.41, 5.74) is 1.08. The summed E-state index contributed by atoms with van der Waals surface area (Å²) in [7, 11) is 0. The van der Waals surface area contributed by atoms with E-state index in [1.807, 2.05) is 13.8 Å². The molecule has 7 nitrogen and oxygen atoms in total. The lowest BCUT2D eigenvalue weighted by Crippen LogP contribution is -2.42. The van der Waals surface area contributed by atoms with E-state index in [1.54, 1.807) is 6.07 Å². The van der Waals surface area contributed by atoms with E-state index in [2.05, 4.69) is 25.6 Å². The van der Waals surface area contributed by atoms with Gasteiger partial charge in [-0.05, 0) is 45.0 Å². The number of carbonyl (C=O) groups excluding carboxylic acids is 1. The Morgan fingerprint density at radius 3 is 2.93 bits per heavy atom. The molecule has 1 fully saturated rings. The van der Waals surface area contributed by atoms with Crippen LogP contribution in [0, 0.1) is 11.7 Å². The highest BCUT2D eigenvalue weighted by atomic mass is 32.1. The fourth-order valence-electron chi connectivity index (χ4n) is 2.89.